The van der Waals surface area contributed by atoms with Crippen molar-refractivity contribution < 1.29 is 14.5 Å². The molecule has 2 aromatic heterocycles. The van der Waals surface area contributed by atoms with E-state index in [2.05, 4.69) is 35.8 Å². The Morgan fingerprint density at radius 2 is 1.91 bits per heavy atom. The van der Waals surface area contributed by atoms with Crippen LogP contribution in [0.15, 0.2) is 64.3 Å². The van der Waals surface area contributed by atoms with Crippen LogP contribution in [-0.2, 0) is 6.54 Å². The Morgan fingerprint density at radius 1 is 1.18 bits per heavy atom. The summed E-state index contributed by atoms with van der Waals surface area (Å²) < 4.78 is 6.00. The van der Waals surface area contributed by atoms with Gasteiger partial charge in [0.25, 0.3) is 5.91 Å². The molecule has 4 N–H and O–H groups in total. The van der Waals surface area contributed by atoms with Gasteiger partial charge in [0.15, 0.2) is 5.69 Å². The number of aromatic nitrogens is 5. The molecule has 4 rings (SSSR count). The molecule has 0 spiro atoms. The van der Waals surface area contributed by atoms with Crippen molar-refractivity contribution in [1.82, 2.24) is 30.7 Å². The van der Waals surface area contributed by atoms with Crippen LogP contribution >= 0.6 is 0 Å². The Bertz CT molecular complexity index is 1280. The number of benzene rings is 2. The Labute approximate surface area is 188 Å². The van der Waals surface area contributed by atoms with E-state index < -0.39 is 5.91 Å². The first-order valence-corrected chi connectivity index (χ1v) is 9.87. The number of aromatic hydroxyl groups is 1. The lowest BCUT2D eigenvalue weighted by Crippen LogP contribution is -2.25. The first-order chi connectivity index (χ1) is 15.9. The van der Waals surface area contributed by atoms with Crippen LogP contribution in [0.2, 0.25) is 0 Å². The molecule has 12 heteroatoms. The molecule has 33 heavy (non-hydrogen) atoms. The highest BCUT2D eigenvalue weighted by molar-refractivity contribution is 6.00. The normalized spacial score (nSPS) is 11.4. The van der Waals surface area contributed by atoms with Gasteiger partial charge >= 0.3 is 0 Å². The average molecular weight is 447 g/mol. The summed E-state index contributed by atoms with van der Waals surface area (Å²) in [5, 5.41) is 29.0. The van der Waals surface area contributed by atoms with E-state index >= 15 is 0 Å². The molecule has 0 aliphatic rings. The third kappa shape index (κ3) is 4.63. The molecule has 0 fully saturated rings. The van der Waals surface area contributed by atoms with Crippen LogP contribution in [0.25, 0.3) is 5.82 Å². The summed E-state index contributed by atoms with van der Waals surface area (Å²) >= 11 is 0. The number of nitrogens with two attached hydrogens (primary N) is 1. The summed E-state index contributed by atoms with van der Waals surface area (Å²) in [7, 11) is 1.87. The van der Waals surface area contributed by atoms with E-state index in [1.807, 2.05) is 42.3 Å². The molecule has 0 saturated heterocycles. The zero-order valence-electron chi connectivity index (χ0n) is 17.9. The second-order valence-electron chi connectivity index (χ2n) is 7.15. The van der Waals surface area contributed by atoms with E-state index in [0.717, 1.165) is 11.3 Å². The van der Waals surface area contributed by atoms with Gasteiger partial charge in [-0.25, -0.2) is 10.1 Å². The van der Waals surface area contributed by atoms with Crippen molar-refractivity contribution in [2.45, 2.75) is 13.5 Å². The number of hydrogen-bond acceptors (Lipinski definition) is 10. The van der Waals surface area contributed by atoms with Gasteiger partial charge in [0.05, 0.1) is 18.0 Å². The van der Waals surface area contributed by atoms with Gasteiger partial charge in [-0.1, -0.05) is 23.4 Å². The number of nitrogen functional groups attached to an aromatic ring is 1. The number of rotatable bonds is 7. The molecule has 4 aromatic rings. The van der Waals surface area contributed by atoms with E-state index in [-0.39, 0.29) is 29.6 Å². The maximum Gasteiger partial charge on any atom is 0.293 e. The summed E-state index contributed by atoms with van der Waals surface area (Å²) in [6, 6.07) is 16.1. The minimum atomic E-state index is -0.564. The van der Waals surface area contributed by atoms with Crippen molar-refractivity contribution in [3.63, 3.8) is 0 Å². The molecule has 0 aliphatic carbocycles. The van der Waals surface area contributed by atoms with Gasteiger partial charge in [-0.2, -0.15) is 9.78 Å². The molecule has 0 aliphatic heterocycles. The van der Waals surface area contributed by atoms with E-state index in [9.17, 15) is 9.90 Å². The molecular weight excluding hydrogens is 426 g/mol. The Kier molecular flexibility index (Phi) is 5.98. The zero-order valence-corrected chi connectivity index (χ0v) is 17.9. The molecule has 1 amide bonds. The first-order valence-electron chi connectivity index (χ1n) is 9.87. The highest BCUT2D eigenvalue weighted by Crippen LogP contribution is 2.20. The maximum atomic E-state index is 13.0. The predicted molar refractivity (Wildman–Crippen MR) is 120 cm³/mol. The van der Waals surface area contributed by atoms with Crippen LogP contribution in [0, 0.1) is 0 Å². The number of amides is 1. The summed E-state index contributed by atoms with van der Waals surface area (Å²) in [4.78, 5) is 14.9. The average Bonchev–Trinajstić information content (AvgIpc) is 3.43. The van der Waals surface area contributed by atoms with Gasteiger partial charge in [-0.05, 0) is 59.2 Å². The zero-order chi connectivity index (χ0) is 23.4. The number of phenolic OH excluding ortho intramolecular Hbond substituents is 1. The molecule has 12 nitrogen and oxygen atoms in total. The van der Waals surface area contributed by atoms with Crippen LogP contribution in [-0.4, -0.2) is 49.1 Å². The van der Waals surface area contributed by atoms with Crippen molar-refractivity contribution in [2.75, 3.05) is 17.7 Å². The topological polar surface area (TPSA) is 161 Å². The van der Waals surface area contributed by atoms with Crippen LogP contribution in [0.4, 0.5) is 11.5 Å². The van der Waals surface area contributed by atoms with Crippen LogP contribution in [0.5, 0.6) is 5.75 Å². The number of hydrogen-bond donors (Lipinski definition) is 3. The number of anilines is 2. The van der Waals surface area contributed by atoms with Gasteiger partial charge in [0, 0.05) is 12.7 Å². The molecule has 0 radical (unpaired) electrons. The number of carbonyl (C=O) groups is 1. The Hall–Kier alpha value is -4.74. The molecule has 2 aromatic carbocycles. The third-order valence-electron chi connectivity index (χ3n) is 4.87. The summed E-state index contributed by atoms with van der Waals surface area (Å²) in [6.07, 6.45) is 0. The van der Waals surface area contributed by atoms with E-state index in [1.54, 1.807) is 19.1 Å². The monoisotopic (exact) mass is 447 g/mol. The van der Waals surface area contributed by atoms with Crippen LogP contribution < -0.4 is 16.1 Å². The number of nitrogens with zero attached hydrogens (tertiary/aromatic N) is 7. The highest BCUT2D eigenvalue weighted by Gasteiger charge is 2.25. The fourth-order valence-corrected chi connectivity index (χ4v) is 3.08. The highest BCUT2D eigenvalue weighted by atomic mass is 16.6. The first kappa shape index (κ1) is 21.5. The fourth-order valence-electron chi connectivity index (χ4n) is 3.08. The van der Waals surface area contributed by atoms with Gasteiger partial charge in [-0.15, -0.1) is 5.10 Å². The van der Waals surface area contributed by atoms with Crippen molar-refractivity contribution in [2.24, 2.45) is 5.10 Å². The van der Waals surface area contributed by atoms with E-state index in [1.165, 1.54) is 16.8 Å². The third-order valence-corrected chi connectivity index (χ3v) is 4.87. The van der Waals surface area contributed by atoms with E-state index in [4.69, 9.17) is 5.73 Å². The molecule has 0 atom stereocenters. The largest absolute Gasteiger partial charge is 0.508 e. The Morgan fingerprint density at radius 3 is 2.58 bits per heavy atom. The number of phenols is 1. The fraction of sp³-hybridized carbons (Fsp3) is 0.143. The number of hydrazone groups is 1. The van der Waals surface area contributed by atoms with Gasteiger partial charge < -0.3 is 15.7 Å². The van der Waals surface area contributed by atoms with Gasteiger partial charge in [0.2, 0.25) is 11.6 Å². The second-order valence-corrected chi connectivity index (χ2v) is 7.15. The minimum Gasteiger partial charge on any atom is -0.508 e. The Balaban J connectivity index is 1.63. The lowest BCUT2D eigenvalue weighted by molar-refractivity contribution is 0.0948. The number of carbonyl (C=O) groups excluding carboxylic acids is 1. The summed E-state index contributed by atoms with van der Waals surface area (Å²) in [6.45, 7) is 1.99. The summed E-state index contributed by atoms with van der Waals surface area (Å²) in [5.74, 6) is -0.287. The SMILES string of the molecule is C/C(=N/NC(=O)c1nnn(-c2nonc2N)c1CN(C)c1ccccc1)c1ccc(O)cc1. The predicted octanol–water partition coefficient (Wildman–Crippen LogP) is 1.73. The minimum absolute atomic E-state index is 0.0108. The molecule has 2 heterocycles. The number of nitrogens with one attached hydrogen (secondary N) is 1. The molecule has 0 saturated carbocycles. The molecular formula is C21H21N9O3. The number of para-hydroxylation sites is 1. The summed E-state index contributed by atoms with van der Waals surface area (Å²) in [5.41, 5.74) is 11.0. The molecule has 168 valence electrons. The lowest BCUT2D eigenvalue weighted by atomic mass is 10.1. The van der Waals surface area contributed by atoms with Crippen LogP contribution in [0.3, 0.4) is 0 Å². The van der Waals surface area contributed by atoms with Gasteiger partial charge in [0.1, 0.15) is 5.75 Å². The lowest BCUT2D eigenvalue weighted by Gasteiger charge is -2.19. The van der Waals surface area contributed by atoms with Crippen molar-refractivity contribution in [3.8, 4) is 11.6 Å². The standard InChI is InChI=1S/C21H21N9O3/c1-13(14-8-10-16(31)11-9-14)23-25-21(32)18-17(12-29(2)15-6-4-3-5-7-15)30(28-24-18)20-19(22)26-33-27-20/h3-11,31H,12H2,1-2H3,(H2,22,26)(H,25,32)/b23-13-. The molecule has 0 bridgehead atoms. The second kappa shape index (κ2) is 9.18. The van der Waals surface area contributed by atoms with Crippen molar-refractivity contribution >= 4 is 23.1 Å². The van der Waals surface area contributed by atoms with Gasteiger partial charge in [-0.3, -0.25) is 4.79 Å². The van der Waals surface area contributed by atoms with Crippen molar-refractivity contribution in [1.29, 1.82) is 0 Å². The quantitative estimate of drug-likeness (QED) is 0.283. The smallest absolute Gasteiger partial charge is 0.293 e. The van der Waals surface area contributed by atoms with E-state index in [0.29, 0.717) is 11.4 Å². The maximum absolute atomic E-state index is 13.0. The van der Waals surface area contributed by atoms with Crippen LogP contribution in [0.1, 0.15) is 28.7 Å². The van der Waals surface area contributed by atoms with Crippen molar-refractivity contribution in [3.05, 3.63) is 71.5 Å². The molecule has 0 unspecified atom stereocenters.